The number of aliphatic hydroxyl groups excluding tert-OH is 3. The minimum atomic E-state index is -2.12. The van der Waals surface area contributed by atoms with Crippen LogP contribution in [0.3, 0.4) is 0 Å². The largest absolute Gasteiger partial charge is 0.392 e. The van der Waals surface area contributed by atoms with Crippen LogP contribution >= 0.6 is 0 Å². The molecule has 0 unspecified atom stereocenters. The van der Waals surface area contributed by atoms with Crippen LogP contribution in [0.25, 0.3) is 0 Å². The van der Waals surface area contributed by atoms with Gasteiger partial charge in [0.25, 0.3) is 0 Å². The second-order valence-electron chi connectivity index (χ2n) is 9.92. The van der Waals surface area contributed by atoms with Gasteiger partial charge in [-0.25, -0.2) is 0 Å². The first-order chi connectivity index (χ1) is 12.4. The molecule has 4 rings (SSSR count). The maximum Gasteiger partial charge on any atom is 0.147 e. The van der Waals surface area contributed by atoms with Crippen molar-refractivity contribution in [3.8, 4) is 0 Å². The fraction of sp³-hybridized carbons (Fsp3) is 0.810. The molecule has 4 aliphatic rings. The SMILES string of the molecule is CO[C@]1(C)C=C2[C@@]3(O)[C@H](C)C[C@@H]4[C@H]([C@@H]3C=C(CO)[C@@H](O)[C@]2(O)[C@H]1O)C4(C)C. The van der Waals surface area contributed by atoms with Crippen molar-refractivity contribution < 1.29 is 30.3 Å². The molecule has 0 saturated heterocycles. The Bertz CT molecular complexity index is 728. The molecule has 27 heavy (non-hydrogen) atoms. The van der Waals surface area contributed by atoms with E-state index >= 15 is 0 Å². The Kier molecular flexibility index (Phi) is 3.94. The third-order valence-corrected chi connectivity index (χ3v) is 8.43. The van der Waals surface area contributed by atoms with Gasteiger partial charge in [-0.05, 0) is 53.7 Å². The molecule has 0 aromatic rings. The number of aliphatic hydroxyl groups is 5. The summed E-state index contributed by atoms with van der Waals surface area (Å²) in [5.74, 6) is 0.0845. The average Bonchev–Trinajstić information content (AvgIpc) is 3.10. The summed E-state index contributed by atoms with van der Waals surface area (Å²) in [5, 5.41) is 55.5. The Balaban J connectivity index is 1.97. The summed E-state index contributed by atoms with van der Waals surface area (Å²) in [7, 11) is 1.43. The first-order valence-corrected chi connectivity index (χ1v) is 9.82. The highest BCUT2D eigenvalue weighted by molar-refractivity contribution is 5.50. The van der Waals surface area contributed by atoms with Gasteiger partial charge in [-0.15, -0.1) is 0 Å². The molecule has 4 aliphatic carbocycles. The molecule has 6 nitrogen and oxygen atoms in total. The predicted molar refractivity (Wildman–Crippen MR) is 98.6 cm³/mol. The van der Waals surface area contributed by atoms with E-state index in [0.29, 0.717) is 5.92 Å². The van der Waals surface area contributed by atoms with E-state index in [1.807, 2.05) is 6.92 Å². The first-order valence-electron chi connectivity index (χ1n) is 9.82. The second kappa shape index (κ2) is 5.43. The molecule has 2 saturated carbocycles. The lowest BCUT2D eigenvalue weighted by molar-refractivity contribution is -0.172. The van der Waals surface area contributed by atoms with E-state index in [4.69, 9.17) is 4.74 Å². The highest BCUT2D eigenvalue weighted by Gasteiger charge is 2.74. The Morgan fingerprint density at radius 2 is 1.78 bits per heavy atom. The summed E-state index contributed by atoms with van der Waals surface area (Å²) >= 11 is 0. The van der Waals surface area contributed by atoms with E-state index < -0.39 is 35.6 Å². The molecule has 2 fully saturated rings. The summed E-state index contributed by atoms with van der Waals surface area (Å²) < 4.78 is 5.47. The van der Waals surface area contributed by atoms with Crippen LogP contribution < -0.4 is 0 Å². The Morgan fingerprint density at radius 3 is 2.33 bits per heavy atom. The van der Waals surface area contributed by atoms with E-state index in [2.05, 4.69) is 13.8 Å². The molecule has 0 bridgehead atoms. The molecule has 152 valence electrons. The van der Waals surface area contributed by atoms with Crippen LogP contribution in [0, 0.1) is 29.1 Å². The van der Waals surface area contributed by atoms with Crippen LogP contribution in [0.5, 0.6) is 0 Å². The van der Waals surface area contributed by atoms with Gasteiger partial charge < -0.3 is 30.3 Å². The zero-order valence-electron chi connectivity index (χ0n) is 16.7. The normalized spacial score (nSPS) is 55.6. The van der Waals surface area contributed by atoms with Crippen LogP contribution in [-0.2, 0) is 4.74 Å². The summed E-state index contributed by atoms with van der Waals surface area (Å²) in [4.78, 5) is 0. The van der Waals surface area contributed by atoms with Crippen molar-refractivity contribution in [2.75, 3.05) is 13.7 Å². The van der Waals surface area contributed by atoms with Crippen LogP contribution in [0.2, 0.25) is 0 Å². The number of methoxy groups -OCH3 is 1. The number of fused-ring (bicyclic) bond motifs is 5. The lowest BCUT2D eigenvalue weighted by atomic mass is 9.63. The molecule has 0 radical (unpaired) electrons. The molecule has 0 heterocycles. The van der Waals surface area contributed by atoms with Gasteiger partial charge in [0.2, 0.25) is 0 Å². The number of hydrogen-bond acceptors (Lipinski definition) is 6. The fourth-order valence-electron chi connectivity index (χ4n) is 6.50. The summed E-state index contributed by atoms with van der Waals surface area (Å²) in [6, 6.07) is 0. The third-order valence-electron chi connectivity index (χ3n) is 8.43. The third kappa shape index (κ3) is 2.07. The van der Waals surface area contributed by atoms with Crippen molar-refractivity contribution >= 4 is 0 Å². The summed E-state index contributed by atoms with van der Waals surface area (Å²) in [6.45, 7) is 7.49. The van der Waals surface area contributed by atoms with Crippen molar-refractivity contribution in [1.29, 1.82) is 0 Å². The van der Waals surface area contributed by atoms with Gasteiger partial charge in [-0.2, -0.15) is 0 Å². The standard InChI is InChI=1S/C21H32O6/c1-10-6-12-15(18(12,2)3)13-7-11(9-22)16(23)21(26)14(20(10,13)25)8-19(4,27-5)17(21)24/h7-8,10,12-13,15-17,22-26H,6,9H2,1-5H3/t10-,12-,13+,15-,16-,17+,19-,20-,21+/m1/s1. The van der Waals surface area contributed by atoms with E-state index in [1.165, 1.54) is 7.11 Å². The van der Waals surface area contributed by atoms with Gasteiger partial charge in [-0.1, -0.05) is 26.8 Å². The van der Waals surface area contributed by atoms with E-state index in [-0.39, 0.29) is 34.3 Å². The molecular weight excluding hydrogens is 348 g/mol. The van der Waals surface area contributed by atoms with Crippen molar-refractivity contribution in [2.24, 2.45) is 29.1 Å². The zero-order chi connectivity index (χ0) is 20.2. The van der Waals surface area contributed by atoms with Crippen LogP contribution in [0.4, 0.5) is 0 Å². The molecule has 0 aliphatic heterocycles. The van der Waals surface area contributed by atoms with Crippen molar-refractivity contribution in [3.63, 3.8) is 0 Å². The van der Waals surface area contributed by atoms with E-state index in [0.717, 1.165) is 6.42 Å². The lowest BCUT2D eigenvalue weighted by Crippen LogP contribution is -2.62. The maximum absolute atomic E-state index is 12.0. The van der Waals surface area contributed by atoms with Gasteiger partial charge in [0, 0.05) is 13.0 Å². The average molecular weight is 380 g/mol. The molecule has 0 spiro atoms. The molecule has 6 heteroatoms. The number of ether oxygens (including phenoxy) is 1. The van der Waals surface area contributed by atoms with Crippen LogP contribution in [0.15, 0.2) is 23.3 Å². The summed E-state index contributed by atoms with van der Waals surface area (Å²) in [5.41, 5.74) is -4.31. The second-order valence-corrected chi connectivity index (χ2v) is 9.92. The molecule has 0 aromatic heterocycles. The Hall–Kier alpha value is -0.760. The zero-order valence-corrected chi connectivity index (χ0v) is 16.7. The van der Waals surface area contributed by atoms with Crippen molar-refractivity contribution in [3.05, 3.63) is 23.3 Å². The van der Waals surface area contributed by atoms with Gasteiger partial charge in [0.1, 0.15) is 23.4 Å². The Labute approximate surface area is 160 Å². The van der Waals surface area contributed by atoms with E-state index in [1.54, 1.807) is 19.1 Å². The quantitative estimate of drug-likeness (QED) is 0.443. The summed E-state index contributed by atoms with van der Waals surface area (Å²) in [6.07, 6.45) is 1.14. The van der Waals surface area contributed by atoms with Gasteiger partial charge in [0.15, 0.2) is 0 Å². The highest BCUT2D eigenvalue weighted by Crippen LogP contribution is 2.72. The Morgan fingerprint density at radius 1 is 1.15 bits per heavy atom. The fourth-order valence-corrected chi connectivity index (χ4v) is 6.50. The maximum atomic E-state index is 12.0. The van der Waals surface area contributed by atoms with Crippen molar-refractivity contribution in [1.82, 2.24) is 0 Å². The lowest BCUT2D eigenvalue weighted by Gasteiger charge is -2.48. The molecular formula is C21H32O6. The topological polar surface area (TPSA) is 110 Å². The van der Waals surface area contributed by atoms with E-state index in [9.17, 15) is 25.5 Å². The van der Waals surface area contributed by atoms with Crippen LogP contribution in [0.1, 0.15) is 34.1 Å². The van der Waals surface area contributed by atoms with Crippen molar-refractivity contribution in [2.45, 2.75) is 63.1 Å². The number of rotatable bonds is 2. The monoisotopic (exact) mass is 380 g/mol. The smallest absolute Gasteiger partial charge is 0.147 e. The van der Waals surface area contributed by atoms with Crippen LogP contribution in [-0.4, -0.2) is 68.3 Å². The van der Waals surface area contributed by atoms with Gasteiger partial charge in [-0.3, -0.25) is 0 Å². The minimum Gasteiger partial charge on any atom is -0.392 e. The molecule has 9 atom stereocenters. The molecule has 0 amide bonds. The van der Waals surface area contributed by atoms with Gasteiger partial charge in [0.05, 0.1) is 12.2 Å². The number of hydrogen-bond donors (Lipinski definition) is 5. The predicted octanol–water partition coefficient (Wildman–Crippen LogP) is 0.376. The minimum absolute atomic E-state index is 0.0379. The first kappa shape index (κ1) is 19.6. The molecule has 0 aromatic carbocycles. The highest BCUT2D eigenvalue weighted by atomic mass is 16.5. The van der Waals surface area contributed by atoms with Gasteiger partial charge >= 0.3 is 0 Å². The molecule has 5 N–H and O–H groups in total.